The number of hydrogen-bond donors (Lipinski definition) is 0. The molecule has 0 saturated heterocycles. The lowest BCUT2D eigenvalue weighted by Gasteiger charge is -2.45. The number of hydroxylamine groups is 6. The van der Waals surface area contributed by atoms with Gasteiger partial charge >= 0.3 is 0 Å². The van der Waals surface area contributed by atoms with Gasteiger partial charge in [0.2, 0.25) is 0 Å². The Labute approximate surface area is 114 Å². The summed E-state index contributed by atoms with van der Waals surface area (Å²) >= 11 is 11.2. The first-order chi connectivity index (χ1) is 7.95. The second-order valence-corrected chi connectivity index (χ2v) is 5.13. The van der Waals surface area contributed by atoms with Gasteiger partial charge in [-0.2, -0.15) is 0 Å². The van der Waals surface area contributed by atoms with Crippen molar-refractivity contribution < 1.29 is 9.29 Å². The third-order valence-electron chi connectivity index (χ3n) is 3.27. The molecule has 0 bridgehead atoms. The number of hydrogen-bond acceptors (Lipinski definition) is 2. The molecule has 0 atom stereocenters. The molecule has 0 aliphatic carbocycles. The molecule has 0 aromatic rings. The van der Waals surface area contributed by atoms with Crippen molar-refractivity contribution in [3.63, 3.8) is 0 Å². The van der Waals surface area contributed by atoms with Crippen LogP contribution in [0, 0.1) is 10.4 Å². The zero-order valence-corrected chi connectivity index (χ0v) is 12.3. The normalized spacial score (nSPS) is 13.1. The maximum atomic E-state index is 12.2. The van der Waals surface area contributed by atoms with Gasteiger partial charge in [0.15, 0.2) is 0 Å². The molecule has 17 heavy (non-hydrogen) atoms. The van der Waals surface area contributed by atoms with E-state index in [1.807, 2.05) is 13.8 Å². The lowest BCUT2D eigenvalue weighted by Crippen LogP contribution is -2.49. The molecule has 0 fully saturated rings. The van der Waals surface area contributed by atoms with E-state index in [2.05, 4.69) is 0 Å². The van der Waals surface area contributed by atoms with Crippen LogP contribution in [-0.4, -0.2) is 60.3 Å². The van der Waals surface area contributed by atoms with Gasteiger partial charge in [-0.05, 0) is 13.8 Å². The smallest absolute Gasteiger partial charge is 0.0921 e. The predicted molar refractivity (Wildman–Crippen MR) is 73.9 cm³/mol. The van der Waals surface area contributed by atoms with Gasteiger partial charge in [0.25, 0.3) is 0 Å². The second kappa shape index (κ2) is 8.51. The quantitative estimate of drug-likeness (QED) is 0.352. The molecule has 0 heterocycles. The van der Waals surface area contributed by atoms with Crippen LogP contribution < -0.4 is 0 Å². The van der Waals surface area contributed by atoms with Crippen LogP contribution in [0.3, 0.4) is 0 Å². The van der Waals surface area contributed by atoms with E-state index in [0.29, 0.717) is 57.4 Å². The van der Waals surface area contributed by atoms with Crippen LogP contribution in [-0.2, 0) is 0 Å². The molecule has 0 aliphatic rings. The number of alkyl halides is 2. The summed E-state index contributed by atoms with van der Waals surface area (Å²) in [6.45, 7) is 6.54. The van der Waals surface area contributed by atoms with Gasteiger partial charge in [-0.25, -0.2) is 0 Å². The largest absolute Gasteiger partial charge is 0.633 e. The molecular weight excluding hydrogens is 263 g/mol. The monoisotopic (exact) mass is 286 g/mol. The Morgan fingerprint density at radius 2 is 1.18 bits per heavy atom. The number of rotatable bonds is 10. The molecule has 0 unspecified atom stereocenters. The average molecular weight is 287 g/mol. The van der Waals surface area contributed by atoms with Crippen LogP contribution in [0.2, 0.25) is 0 Å². The molecule has 4 nitrogen and oxygen atoms in total. The fourth-order valence-corrected chi connectivity index (χ4v) is 2.45. The topological polar surface area (TPSA) is 46.1 Å². The maximum Gasteiger partial charge on any atom is 0.0921 e. The van der Waals surface area contributed by atoms with E-state index in [-0.39, 0.29) is 9.29 Å². The van der Waals surface area contributed by atoms with Crippen LogP contribution in [0.25, 0.3) is 0 Å². The van der Waals surface area contributed by atoms with Crippen molar-refractivity contribution in [2.45, 2.75) is 20.3 Å². The fraction of sp³-hybridized carbons (Fsp3) is 1.00. The van der Waals surface area contributed by atoms with Gasteiger partial charge in [0.1, 0.15) is 0 Å². The lowest BCUT2D eigenvalue weighted by atomic mass is 10.3. The average Bonchev–Trinajstić information content (AvgIpc) is 2.29. The van der Waals surface area contributed by atoms with Crippen molar-refractivity contribution in [2.75, 3.05) is 51.0 Å². The molecule has 104 valence electrons. The third-order valence-corrected chi connectivity index (χ3v) is 3.61. The number of halogens is 2. The molecule has 0 amide bonds. The van der Waals surface area contributed by atoms with E-state index in [4.69, 9.17) is 23.2 Å². The second-order valence-electron chi connectivity index (χ2n) is 4.37. The summed E-state index contributed by atoms with van der Waals surface area (Å²) in [5.41, 5.74) is 0. The van der Waals surface area contributed by atoms with Crippen molar-refractivity contribution in [3.8, 4) is 0 Å². The number of nitrogens with zero attached hydrogens (tertiary/aromatic N) is 2. The highest BCUT2D eigenvalue weighted by atomic mass is 35.5. The Morgan fingerprint density at radius 3 is 1.53 bits per heavy atom. The molecule has 6 heteroatoms. The Bertz CT molecular complexity index is 196. The van der Waals surface area contributed by atoms with Gasteiger partial charge < -0.3 is 19.7 Å². The van der Waals surface area contributed by atoms with Gasteiger partial charge in [0, 0.05) is 6.42 Å². The van der Waals surface area contributed by atoms with Crippen LogP contribution in [0.5, 0.6) is 0 Å². The summed E-state index contributed by atoms with van der Waals surface area (Å²) in [5.74, 6) is 0.665. The molecular formula is C11H24Cl2N2O2. The van der Waals surface area contributed by atoms with Crippen molar-refractivity contribution in [3.05, 3.63) is 10.4 Å². The highest BCUT2D eigenvalue weighted by Crippen LogP contribution is 2.11. The minimum atomic E-state index is -0.375. The van der Waals surface area contributed by atoms with Crippen molar-refractivity contribution >= 4 is 23.2 Å². The minimum absolute atomic E-state index is 0.220. The van der Waals surface area contributed by atoms with Crippen LogP contribution in [0.15, 0.2) is 0 Å². The van der Waals surface area contributed by atoms with Crippen LogP contribution in [0.4, 0.5) is 0 Å². The Hall–Kier alpha value is 0.420. The molecule has 0 spiro atoms. The van der Waals surface area contributed by atoms with Crippen molar-refractivity contribution in [1.82, 2.24) is 0 Å². The summed E-state index contributed by atoms with van der Waals surface area (Å²) < 4.78 is -0.595. The lowest BCUT2D eigenvalue weighted by molar-refractivity contribution is -0.895. The molecule has 0 saturated carbocycles. The van der Waals surface area contributed by atoms with E-state index in [0.717, 1.165) is 0 Å². The van der Waals surface area contributed by atoms with Gasteiger partial charge in [-0.15, -0.1) is 23.2 Å². The van der Waals surface area contributed by atoms with E-state index < -0.39 is 0 Å². The van der Waals surface area contributed by atoms with Crippen LogP contribution >= 0.6 is 23.2 Å². The minimum Gasteiger partial charge on any atom is -0.633 e. The Morgan fingerprint density at radius 1 is 0.765 bits per heavy atom. The standard InChI is InChI=1S/C11H24Cl2N2O2/c1-3-14(16,4-2)8-5-9-15(17,10-6-12)11-7-13/h3-11H2,1-2H3. The molecule has 0 radical (unpaired) electrons. The van der Waals surface area contributed by atoms with Crippen molar-refractivity contribution in [1.29, 1.82) is 0 Å². The summed E-state index contributed by atoms with van der Waals surface area (Å²) in [6, 6.07) is 0. The zero-order chi connectivity index (χ0) is 13.4. The summed E-state index contributed by atoms with van der Waals surface area (Å²) in [4.78, 5) is 0. The van der Waals surface area contributed by atoms with Gasteiger partial charge in [-0.3, -0.25) is 0 Å². The Kier molecular flexibility index (Phi) is 8.72. The number of quaternary nitrogens is 2. The third kappa shape index (κ3) is 6.79. The van der Waals surface area contributed by atoms with E-state index in [9.17, 15) is 10.4 Å². The summed E-state index contributed by atoms with van der Waals surface area (Å²) in [6.07, 6.45) is 0.627. The first-order valence-electron chi connectivity index (χ1n) is 6.21. The highest BCUT2D eigenvalue weighted by Gasteiger charge is 2.18. The van der Waals surface area contributed by atoms with E-state index in [1.165, 1.54) is 0 Å². The summed E-state index contributed by atoms with van der Waals surface area (Å²) in [7, 11) is 0. The SMILES string of the molecule is CC[N+]([O-])(CC)CCC[N+]([O-])(CCCl)CCCl. The zero-order valence-electron chi connectivity index (χ0n) is 10.8. The highest BCUT2D eigenvalue weighted by molar-refractivity contribution is 6.18. The molecule has 0 aromatic carbocycles. The van der Waals surface area contributed by atoms with E-state index in [1.54, 1.807) is 0 Å². The Balaban J connectivity index is 4.13. The molecule has 0 rings (SSSR count). The van der Waals surface area contributed by atoms with Gasteiger partial charge in [-0.1, -0.05) is 0 Å². The van der Waals surface area contributed by atoms with Gasteiger partial charge in [0.05, 0.1) is 51.0 Å². The maximum absolute atomic E-state index is 12.2. The first-order valence-corrected chi connectivity index (χ1v) is 7.28. The first kappa shape index (κ1) is 17.4. The van der Waals surface area contributed by atoms with E-state index >= 15 is 0 Å². The molecule has 0 aromatic heterocycles. The molecule has 0 aliphatic heterocycles. The molecule has 0 N–H and O–H groups in total. The summed E-state index contributed by atoms with van der Waals surface area (Å²) in [5, 5.41) is 24.2. The predicted octanol–water partition coefficient (Wildman–Crippen LogP) is 2.52. The fourth-order valence-electron chi connectivity index (χ4n) is 1.83. The van der Waals surface area contributed by atoms with Crippen LogP contribution in [0.1, 0.15) is 20.3 Å². The van der Waals surface area contributed by atoms with Crippen molar-refractivity contribution in [2.24, 2.45) is 0 Å².